The van der Waals surface area contributed by atoms with Crippen LogP contribution in [0.25, 0.3) is 0 Å². The smallest absolute Gasteiger partial charge is 0.308 e. The van der Waals surface area contributed by atoms with Crippen molar-refractivity contribution in [1.29, 1.82) is 0 Å². The second-order valence-corrected chi connectivity index (χ2v) is 9.06. The molecule has 0 N–H and O–H groups in total. The SMILES string of the molecule is CC/C=C\C/C=C\C/C=C\CCCCCCC(CCCC)C(=O)OCCCCCCCC. The van der Waals surface area contributed by atoms with Gasteiger partial charge in [0.25, 0.3) is 0 Å². The fourth-order valence-electron chi connectivity index (χ4n) is 3.84. The van der Waals surface area contributed by atoms with Crippen molar-refractivity contribution in [2.75, 3.05) is 6.61 Å². The summed E-state index contributed by atoms with van der Waals surface area (Å²) in [4.78, 5) is 12.5. The zero-order valence-electron chi connectivity index (χ0n) is 21.8. The average molecular weight is 447 g/mol. The number of carbonyl (C=O) groups excluding carboxylic acids is 1. The fraction of sp³-hybridized carbons (Fsp3) is 0.767. The minimum absolute atomic E-state index is 0.0631. The van der Waals surface area contributed by atoms with Crippen LogP contribution in [0.15, 0.2) is 36.5 Å². The molecular formula is C30H54O2. The Morgan fingerprint density at radius 3 is 1.91 bits per heavy atom. The largest absolute Gasteiger partial charge is 0.465 e. The van der Waals surface area contributed by atoms with Crippen molar-refractivity contribution >= 4 is 5.97 Å². The highest BCUT2D eigenvalue weighted by atomic mass is 16.5. The molecule has 0 fully saturated rings. The van der Waals surface area contributed by atoms with Gasteiger partial charge in [-0.3, -0.25) is 4.79 Å². The van der Waals surface area contributed by atoms with Crippen LogP contribution < -0.4 is 0 Å². The van der Waals surface area contributed by atoms with E-state index in [0.717, 1.165) is 57.8 Å². The molecule has 2 heteroatoms. The Balaban J connectivity index is 3.81. The van der Waals surface area contributed by atoms with Crippen molar-refractivity contribution in [3.63, 3.8) is 0 Å². The maximum absolute atomic E-state index is 12.5. The van der Waals surface area contributed by atoms with Crippen LogP contribution in [0.5, 0.6) is 0 Å². The third-order valence-corrected chi connectivity index (χ3v) is 5.94. The van der Waals surface area contributed by atoms with Gasteiger partial charge in [-0.25, -0.2) is 0 Å². The predicted octanol–water partition coefficient (Wildman–Crippen LogP) is 9.90. The molecule has 0 spiro atoms. The van der Waals surface area contributed by atoms with Crippen molar-refractivity contribution < 1.29 is 9.53 Å². The first-order valence-corrected chi connectivity index (χ1v) is 13.9. The van der Waals surface area contributed by atoms with Gasteiger partial charge in [0.2, 0.25) is 0 Å². The molecule has 2 nitrogen and oxygen atoms in total. The van der Waals surface area contributed by atoms with Crippen LogP contribution in [0, 0.1) is 5.92 Å². The molecule has 0 amide bonds. The van der Waals surface area contributed by atoms with E-state index in [-0.39, 0.29) is 11.9 Å². The molecule has 0 rings (SSSR count). The molecular weight excluding hydrogens is 392 g/mol. The molecule has 0 aliphatic carbocycles. The van der Waals surface area contributed by atoms with Gasteiger partial charge >= 0.3 is 5.97 Å². The van der Waals surface area contributed by atoms with Gasteiger partial charge in [0.1, 0.15) is 0 Å². The molecule has 0 bridgehead atoms. The molecule has 1 unspecified atom stereocenters. The van der Waals surface area contributed by atoms with Crippen LogP contribution >= 0.6 is 0 Å². The first kappa shape index (κ1) is 30.7. The van der Waals surface area contributed by atoms with E-state index in [4.69, 9.17) is 4.74 Å². The minimum atomic E-state index is 0.0631. The highest BCUT2D eigenvalue weighted by Gasteiger charge is 2.18. The fourth-order valence-corrected chi connectivity index (χ4v) is 3.84. The highest BCUT2D eigenvalue weighted by Crippen LogP contribution is 2.19. The van der Waals surface area contributed by atoms with Crippen LogP contribution in [-0.2, 0) is 9.53 Å². The molecule has 0 heterocycles. The maximum Gasteiger partial charge on any atom is 0.308 e. The molecule has 0 aromatic heterocycles. The first-order chi connectivity index (χ1) is 15.8. The highest BCUT2D eigenvalue weighted by molar-refractivity contribution is 5.72. The van der Waals surface area contributed by atoms with Gasteiger partial charge in [-0.2, -0.15) is 0 Å². The van der Waals surface area contributed by atoms with Gasteiger partial charge in [0.05, 0.1) is 12.5 Å². The van der Waals surface area contributed by atoms with Crippen molar-refractivity contribution in [3.8, 4) is 0 Å². The van der Waals surface area contributed by atoms with E-state index < -0.39 is 0 Å². The van der Waals surface area contributed by atoms with Crippen molar-refractivity contribution in [1.82, 2.24) is 0 Å². The lowest BCUT2D eigenvalue weighted by Gasteiger charge is -2.16. The quantitative estimate of drug-likeness (QED) is 0.0886. The summed E-state index contributed by atoms with van der Waals surface area (Å²) in [6.07, 6.45) is 34.5. The van der Waals surface area contributed by atoms with Gasteiger partial charge in [-0.1, -0.05) is 121 Å². The zero-order valence-corrected chi connectivity index (χ0v) is 21.8. The molecule has 186 valence electrons. The molecule has 32 heavy (non-hydrogen) atoms. The number of unbranched alkanes of at least 4 members (excludes halogenated alkanes) is 10. The molecule has 0 aliphatic heterocycles. The summed E-state index contributed by atoms with van der Waals surface area (Å²) in [6, 6.07) is 0. The monoisotopic (exact) mass is 446 g/mol. The molecule has 0 saturated heterocycles. The van der Waals surface area contributed by atoms with Crippen LogP contribution in [0.4, 0.5) is 0 Å². The Morgan fingerprint density at radius 1 is 0.625 bits per heavy atom. The summed E-state index contributed by atoms with van der Waals surface area (Å²) >= 11 is 0. The van der Waals surface area contributed by atoms with Crippen molar-refractivity contribution in [2.45, 2.75) is 136 Å². The zero-order chi connectivity index (χ0) is 23.5. The van der Waals surface area contributed by atoms with E-state index >= 15 is 0 Å². The van der Waals surface area contributed by atoms with E-state index in [1.165, 1.54) is 57.8 Å². The normalized spacial score (nSPS) is 13.0. The lowest BCUT2D eigenvalue weighted by molar-refractivity contribution is -0.149. The molecule has 0 saturated carbocycles. The van der Waals surface area contributed by atoms with Gasteiger partial charge < -0.3 is 4.74 Å². The maximum atomic E-state index is 12.5. The Kier molecular flexibility index (Phi) is 24.9. The number of allylic oxidation sites excluding steroid dienone is 6. The number of hydrogen-bond donors (Lipinski definition) is 0. The molecule has 0 aromatic rings. The third kappa shape index (κ3) is 21.9. The van der Waals surface area contributed by atoms with E-state index in [1.54, 1.807) is 0 Å². The van der Waals surface area contributed by atoms with Crippen molar-refractivity contribution in [3.05, 3.63) is 36.5 Å². The van der Waals surface area contributed by atoms with E-state index in [9.17, 15) is 4.79 Å². The lowest BCUT2D eigenvalue weighted by atomic mass is 9.95. The minimum Gasteiger partial charge on any atom is -0.465 e. The van der Waals surface area contributed by atoms with Crippen LogP contribution in [-0.4, -0.2) is 12.6 Å². The Morgan fingerprint density at radius 2 is 1.19 bits per heavy atom. The lowest BCUT2D eigenvalue weighted by Crippen LogP contribution is -2.18. The topological polar surface area (TPSA) is 26.3 Å². The number of carbonyl (C=O) groups is 1. The average Bonchev–Trinajstić information content (AvgIpc) is 2.80. The number of rotatable bonds is 23. The Labute approximate surface area is 201 Å². The number of hydrogen-bond acceptors (Lipinski definition) is 2. The molecule has 0 aromatic carbocycles. The number of ether oxygens (including phenoxy) is 1. The van der Waals surface area contributed by atoms with E-state index in [1.807, 2.05) is 0 Å². The second-order valence-electron chi connectivity index (χ2n) is 9.06. The van der Waals surface area contributed by atoms with E-state index in [0.29, 0.717) is 6.61 Å². The first-order valence-electron chi connectivity index (χ1n) is 13.9. The van der Waals surface area contributed by atoms with Crippen LogP contribution in [0.1, 0.15) is 136 Å². The molecule has 0 aliphatic rings. The third-order valence-electron chi connectivity index (χ3n) is 5.94. The summed E-state index contributed by atoms with van der Waals surface area (Å²) < 4.78 is 5.62. The summed E-state index contributed by atoms with van der Waals surface area (Å²) in [6.45, 7) is 7.22. The summed E-state index contributed by atoms with van der Waals surface area (Å²) in [5.74, 6) is 0.182. The predicted molar refractivity (Wildman–Crippen MR) is 142 cm³/mol. The van der Waals surface area contributed by atoms with Crippen LogP contribution in [0.2, 0.25) is 0 Å². The van der Waals surface area contributed by atoms with Gasteiger partial charge in [-0.05, 0) is 51.4 Å². The van der Waals surface area contributed by atoms with E-state index in [2.05, 4.69) is 57.2 Å². The van der Waals surface area contributed by atoms with Gasteiger partial charge in [-0.15, -0.1) is 0 Å². The van der Waals surface area contributed by atoms with Gasteiger partial charge in [0, 0.05) is 0 Å². The molecule has 0 radical (unpaired) electrons. The second kappa shape index (κ2) is 25.9. The molecule has 1 atom stereocenters. The summed E-state index contributed by atoms with van der Waals surface area (Å²) in [5.41, 5.74) is 0. The van der Waals surface area contributed by atoms with Crippen LogP contribution in [0.3, 0.4) is 0 Å². The Bertz CT molecular complexity index is 475. The summed E-state index contributed by atoms with van der Waals surface area (Å²) in [5, 5.41) is 0. The Hall–Kier alpha value is -1.31. The van der Waals surface area contributed by atoms with Gasteiger partial charge in [0.15, 0.2) is 0 Å². The standard InChI is InChI=1S/C30H54O2/c1-4-7-10-12-14-15-16-17-18-19-20-21-22-24-27-29(26-9-6-3)30(31)32-28-25-23-13-11-8-5-2/h7,10,14-15,17-18,29H,4-6,8-9,11-13,16,19-28H2,1-3H3/b10-7-,15-14-,18-17-. The van der Waals surface area contributed by atoms with Crippen molar-refractivity contribution in [2.24, 2.45) is 5.92 Å². The number of esters is 1. The summed E-state index contributed by atoms with van der Waals surface area (Å²) in [7, 11) is 0.